The van der Waals surface area contributed by atoms with Gasteiger partial charge in [-0.2, -0.15) is 0 Å². The zero-order chi connectivity index (χ0) is 14.0. The molecule has 1 saturated heterocycles. The summed E-state index contributed by atoms with van der Waals surface area (Å²) in [5.74, 6) is 0. The average Bonchev–Trinajstić information content (AvgIpc) is 2.39. The van der Waals surface area contributed by atoms with Crippen molar-refractivity contribution in [2.24, 2.45) is 0 Å². The van der Waals surface area contributed by atoms with Crippen LogP contribution in [0.4, 0.5) is 5.69 Å². The lowest BCUT2D eigenvalue weighted by molar-refractivity contribution is 0.495. The normalized spacial score (nSPS) is 17.4. The number of hydrogen-bond donors (Lipinski definition) is 1. The Hall–Kier alpha value is -1.07. The standard InChI is InChI=1S/C14H22N2O2S/c1-11-4-5-14(12(2)10-11)16(3)19(17,18)13-6-8-15-9-7-13/h4-5,10,13,15H,6-9H2,1-3H3. The maximum atomic E-state index is 12.6. The molecule has 1 aliphatic heterocycles. The Morgan fingerprint density at radius 3 is 2.42 bits per heavy atom. The minimum Gasteiger partial charge on any atom is -0.317 e. The lowest BCUT2D eigenvalue weighted by Gasteiger charge is -2.29. The molecule has 0 amide bonds. The van der Waals surface area contributed by atoms with E-state index in [0.29, 0.717) is 12.8 Å². The van der Waals surface area contributed by atoms with Gasteiger partial charge in [0.1, 0.15) is 0 Å². The van der Waals surface area contributed by atoms with Crippen LogP contribution in [0.1, 0.15) is 24.0 Å². The maximum Gasteiger partial charge on any atom is 0.237 e. The van der Waals surface area contributed by atoms with Gasteiger partial charge in [0.05, 0.1) is 10.9 Å². The molecule has 19 heavy (non-hydrogen) atoms. The van der Waals surface area contributed by atoms with E-state index < -0.39 is 10.0 Å². The predicted molar refractivity (Wildman–Crippen MR) is 79.1 cm³/mol. The Balaban J connectivity index is 2.29. The summed E-state index contributed by atoms with van der Waals surface area (Å²) in [7, 11) is -1.60. The number of nitrogens with zero attached hydrogens (tertiary/aromatic N) is 1. The van der Waals surface area contributed by atoms with Crippen LogP contribution in [0.3, 0.4) is 0 Å². The fraction of sp³-hybridized carbons (Fsp3) is 0.571. The predicted octanol–water partition coefficient (Wildman–Crippen LogP) is 1.82. The number of rotatable bonds is 3. The summed E-state index contributed by atoms with van der Waals surface area (Å²) in [6.07, 6.45) is 1.38. The zero-order valence-electron chi connectivity index (χ0n) is 11.8. The molecule has 0 spiro atoms. The van der Waals surface area contributed by atoms with Crippen molar-refractivity contribution in [3.05, 3.63) is 29.3 Å². The second-order valence-electron chi connectivity index (χ2n) is 5.25. The van der Waals surface area contributed by atoms with Crippen LogP contribution in [-0.4, -0.2) is 33.8 Å². The summed E-state index contributed by atoms with van der Waals surface area (Å²) >= 11 is 0. The molecule has 5 heteroatoms. The lowest BCUT2D eigenvalue weighted by Crippen LogP contribution is -2.42. The van der Waals surface area contributed by atoms with Crippen molar-refractivity contribution in [2.45, 2.75) is 31.9 Å². The first kappa shape index (κ1) is 14.3. The van der Waals surface area contributed by atoms with Crippen molar-refractivity contribution in [2.75, 3.05) is 24.4 Å². The second-order valence-corrected chi connectivity index (χ2v) is 7.50. The van der Waals surface area contributed by atoms with Crippen LogP contribution >= 0.6 is 0 Å². The Morgan fingerprint density at radius 2 is 1.84 bits per heavy atom. The van der Waals surface area contributed by atoms with Gasteiger partial charge in [-0.15, -0.1) is 0 Å². The molecule has 1 aliphatic rings. The number of hydrogen-bond acceptors (Lipinski definition) is 3. The van der Waals surface area contributed by atoms with Crippen LogP contribution in [0.15, 0.2) is 18.2 Å². The van der Waals surface area contributed by atoms with Gasteiger partial charge in [0.2, 0.25) is 10.0 Å². The van der Waals surface area contributed by atoms with Gasteiger partial charge in [0.25, 0.3) is 0 Å². The van der Waals surface area contributed by atoms with Crippen LogP contribution in [0.2, 0.25) is 0 Å². The molecule has 0 saturated carbocycles. The SMILES string of the molecule is Cc1ccc(N(C)S(=O)(=O)C2CCNCC2)c(C)c1. The van der Waals surface area contributed by atoms with Crippen LogP contribution in [0, 0.1) is 13.8 Å². The minimum atomic E-state index is -3.26. The number of nitrogens with one attached hydrogen (secondary N) is 1. The van der Waals surface area contributed by atoms with E-state index in [2.05, 4.69) is 5.32 Å². The Morgan fingerprint density at radius 1 is 1.21 bits per heavy atom. The number of piperidine rings is 1. The molecule has 1 aromatic rings. The topological polar surface area (TPSA) is 49.4 Å². The third-order valence-corrected chi connectivity index (χ3v) is 6.05. The zero-order valence-corrected chi connectivity index (χ0v) is 12.6. The van der Waals surface area contributed by atoms with Gasteiger partial charge in [-0.3, -0.25) is 4.31 Å². The molecule has 4 nitrogen and oxygen atoms in total. The van der Waals surface area contributed by atoms with E-state index in [1.807, 2.05) is 32.0 Å². The molecule has 1 aromatic carbocycles. The van der Waals surface area contributed by atoms with Gasteiger partial charge in [-0.1, -0.05) is 17.7 Å². The van der Waals surface area contributed by atoms with E-state index in [4.69, 9.17) is 0 Å². The molecule has 0 bridgehead atoms. The van der Waals surface area contributed by atoms with Gasteiger partial charge in [0.15, 0.2) is 0 Å². The summed E-state index contributed by atoms with van der Waals surface area (Å²) in [5.41, 5.74) is 2.93. The maximum absolute atomic E-state index is 12.6. The highest BCUT2D eigenvalue weighted by Gasteiger charge is 2.31. The molecule has 1 N–H and O–H groups in total. The highest BCUT2D eigenvalue weighted by Crippen LogP contribution is 2.26. The molecule has 1 fully saturated rings. The van der Waals surface area contributed by atoms with E-state index in [1.165, 1.54) is 4.31 Å². The summed E-state index contributed by atoms with van der Waals surface area (Å²) in [6.45, 7) is 5.53. The van der Waals surface area contributed by atoms with Crippen molar-refractivity contribution in [3.8, 4) is 0 Å². The number of anilines is 1. The lowest BCUT2D eigenvalue weighted by atomic mass is 10.1. The second kappa shape index (κ2) is 5.51. The quantitative estimate of drug-likeness (QED) is 0.920. The molecule has 0 unspecified atom stereocenters. The third kappa shape index (κ3) is 2.92. The molecular formula is C14H22N2O2S. The number of benzene rings is 1. The van der Waals surface area contributed by atoms with E-state index in [1.54, 1.807) is 7.05 Å². The van der Waals surface area contributed by atoms with Crippen molar-refractivity contribution < 1.29 is 8.42 Å². The van der Waals surface area contributed by atoms with Crippen molar-refractivity contribution in [1.29, 1.82) is 0 Å². The van der Waals surface area contributed by atoms with Crippen LogP contribution < -0.4 is 9.62 Å². The molecular weight excluding hydrogens is 260 g/mol. The first-order valence-electron chi connectivity index (χ1n) is 6.68. The van der Waals surface area contributed by atoms with Crippen molar-refractivity contribution in [1.82, 2.24) is 5.32 Å². The van der Waals surface area contributed by atoms with E-state index in [9.17, 15) is 8.42 Å². The molecule has 2 rings (SSSR count). The molecule has 0 aliphatic carbocycles. The highest BCUT2D eigenvalue weighted by molar-refractivity contribution is 7.93. The largest absolute Gasteiger partial charge is 0.317 e. The molecule has 0 radical (unpaired) electrons. The fourth-order valence-electron chi connectivity index (χ4n) is 2.61. The molecule has 0 aromatic heterocycles. The summed E-state index contributed by atoms with van der Waals surface area (Å²) in [6, 6.07) is 5.86. The van der Waals surface area contributed by atoms with E-state index in [0.717, 1.165) is 29.9 Å². The number of sulfonamides is 1. The molecule has 0 atom stereocenters. The van der Waals surface area contributed by atoms with E-state index >= 15 is 0 Å². The molecule has 106 valence electrons. The first-order chi connectivity index (χ1) is 8.93. The summed E-state index contributed by atoms with van der Waals surface area (Å²) < 4.78 is 26.7. The van der Waals surface area contributed by atoms with Gasteiger partial charge < -0.3 is 5.32 Å². The Bertz CT molecular complexity index is 549. The van der Waals surface area contributed by atoms with E-state index in [-0.39, 0.29) is 5.25 Å². The van der Waals surface area contributed by atoms with Crippen LogP contribution in [-0.2, 0) is 10.0 Å². The van der Waals surface area contributed by atoms with Crippen LogP contribution in [0.25, 0.3) is 0 Å². The summed E-state index contributed by atoms with van der Waals surface area (Å²) in [4.78, 5) is 0. The van der Waals surface area contributed by atoms with Gasteiger partial charge in [0, 0.05) is 7.05 Å². The van der Waals surface area contributed by atoms with Gasteiger partial charge in [-0.05, 0) is 51.4 Å². The Labute approximate surface area is 115 Å². The molecule has 1 heterocycles. The Kier molecular flexibility index (Phi) is 4.16. The third-order valence-electron chi connectivity index (χ3n) is 3.78. The van der Waals surface area contributed by atoms with Gasteiger partial charge >= 0.3 is 0 Å². The fourth-order valence-corrected chi connectivity index (χ4v) is 4.37. The van der Waals surface area contributed by atoms with Crippen molar-refractivity contribution in [3.63, 3.8) is 0 Å². The van der Waals surface area contributed by atoms with Crippen molar-refractivity contribution >= 4 is 15.7 Å². The van der Waals surface area contributed by atoms with Gasteiger partial charge in [-0.25, -0.2) is 8.42 Å². The van der Waals surface area contributed by atoms with Crippen LogP contribution in [0.5, 0.6) is 0 Å². The minimum absolute atomic E-state index is 0.264. The average molecular weight is 282 g/mol. The first-order valence-corrected chi connectivity index (χ1v) is 8.19. The number of aryl methyl sites for hydroxylation is 2. The monoisotopic (exact) mass is 282 g/mol. The highest BCUT2D eigenvalue weighted by atomic mass is 32.2. The summed E-state index contributed by atoms with van der Waals surface area (Å²) in [5, 5.41) is 2.94. The smallest absolute Gasteiger partial charge is 0.237 e.